The first-order valence-corrected chi connectivity index (χ1v) is 12.8. The predicted molar refractivity (Wildman–Crippen MR) is 135 cm³/mol. The van der Waals surface area contributed by atoms with Crippen molar-refractivity contribution in [2.45, 2.75) is 18.8 Å². The van der Waals surface area contributed by atoms with E-state index in [1.807, 2.05) is 0 Å². The van der Waals surface area contributed by atoms with E-state index in [1.54, 1.807) is 0 Å². The van der Waals surface area contributed by atoms with Crippen molar-refractivity contribution in [1.82, 2.24) is 9.97 Å². The molecule has 0 aliphatic carbocycles. The number of hydrogen-bond acceptors (Lipinski definition) is 7. The molecule has 2 aromatic carbocycles. The molecule has 0 atom stereocenters. The summed E-state index contributed by atoms with van der Waals surface area (Å²) in [5, 5.41) is 0. The summed E-state index contributed by atoms with van der Waals surface area (Å²) in [7, 11) is 0. The predicted octanol–water partition coefficient (Wildman–Crippen LogP) is 6.07. The molecule has 218 valence electrons. The summed E-state index contributed by atoms with van der Waals surface area (Å²) in [6.07, 6.45) is -3.42. The number of nitrogens with zero attached hydrogens (tertiary/aromatic N) is 2. The summed E-state index contributed by atoms with van der Waals surface area (Å²) in [5.41, 5.74) is -1.13. The molecule has 0 unspecified atom stereocenters. The molecule has 2 heterocycles. The number of hydrogen-bond donors (Lipinski definition) is 0. The van der Waals surface area contributed by atoms with E-state index in [4.69, 9.17) is 7.67 Å². The Kier molecular flexibility index (Phi) is 12.4. The maximum absolute atomic E-state index is 12.6. The molecule has 0 spiro atoms. The molecule has 0 aliphatic heterocycles. The van der Waals surface area contributed by atoms with Gasteiger partial charge in [-0.3, -0.25) is 24.4 Å². The second kappa shape index (κ2) is 15.4. The minimum atomic E-state index is -4.56. The summed E-state index contributed by atoms with van der Waals surface area (Å²) < 4.78 is 92.1. The zero-order chi connectivity index (χ0) is 31.3. The van der Waals surface area contributed by atoms with E-state index in [9.17, 15) is 40.7 Å². The van der Waals surface area contributed by atoms with Crippen LogP contribution in [0.4, 0.5) is 26.3 Å². The zero-order valence-corrected chi connectivity index (χ0v) is 22.8. The molecule has 2 aromatic heterocycles. The van der Waals surface area contributed by atoms with E-state index in [1.165, 1.54) is 67.3 Å². The molecule has 0 aliphatic rings. The van der Waals surface area contributed by atoms with Gasteiger partial charge in [-0.05, 0) is 48.0 Å². The number of halogens is 6. The molecule has 7 nitrogen and oxygen atoms in total. The molecule has 0 saturated heterocycles. The van der Waals surface area contributed by atoms with Crippen molar-refractivity contribution < 1.29 is 48.4 Å². The molecule has 0 N–H and O–H groups in total. The molecular weight excluding hydrogens is 637 g/mol. The second-order valence-electron chi connectivity index (χ2n) is 8.07. The van der Waals surface area contributed by atoms with E-state index in [-0.39, 0.29) is 23.3 Å². The zero-order valence-electron chi connectivity index (χ0n) is 21.1. The Morgan fingerprint density at radius 2 is 1.02 bits per heavy atom. The number of pyridine rings is 2. The van der Waals surface area contributed by atoms with Gasteiger partial charge >= 0.3 is 34.8 Å². The fourth-order valence-electron chi connectivity index (χ4n) is 3.29. The van der Waals surface area contributed by atoms with Crippen LogP contribution in [0.5, 0.6) is 0 Å². The van der Waals surface area contributed by atoms with Gasteiger partial charge in [0.2, 0.25) is 11.6 Å². The van der Waals surface area contributed by atoms with Crippen LogP contribution in [-0.2, 0) is 26.4 Å². The fraction of sp³-hybridized carbons (Fsp3) is 0.107. The van der Waals surface area contributed by atoms with Crippen LogP contribution in [0.3, 0.4) is 0 Å². The van der Waals surface area contributed by atoms with Gasteiger partial charge in [-0.1, -0.05) is 30.3 Å². The van der Waals surface area contributed by atoms with Crippen molar-refractivity contribution in [3.8, 4) is 0 Å². The quantitative estimate of drug-likeness (QED) is 0.107. The van der Waals surface area contributed by atoms with Gasteiger partial charge in [0.1, 0.15) is 0 Å². The van der Waals surface area contributed by atoms with Gasteiger partial charge in [-0.15, -0.1) is 0 Å². The van der Waals surface area contributed by atoms with E-state index in [0.717, 1.165) is 24.3 Å². The summed E-state index contributed by atoms with van der Waals surface area (Å²) in [6, 6.07) is 14.3. The summed E-state index contributed by atoms with van der Waals surface area (Å²) >= 11 is -1.62. The Balaban J connectivity index is 0.000000269. The van der Waals surface area contributed by atoms with Gasteiger partial charge in [0.15, 0.2) is 5.78 Å². The molecule has 0 saturated carbocycles. The van der Waals surface area contributed by atoms with Gasteiger partial charge in [0, 0.05) is 47.9 Å². The molecule has 14 heteroatoms. The van der Waals surface area contributed by atoms with Crippen LogP contribution < -0.4 is 0 Å². The monoisotopic (exact) mass is 656 g/mol. The number of carbonyl (C=O) groups is 3. The van der Waals surface area contributed by atoms with Gasteiger partial charge in [0.05, 0.1) is 11.1 Å². The molecule has 0 radical (unpaired) electrons. The van der Waals surface area contributed by atoms with Crippen LogP contribution in [0, 0.1) is 0 Å². The number of ketones is 3. The topological polar surface area (TPSA) is 111 Å². The second-order valence-corrected chi connectivity index (χ2v) is 8.36. The Morgan fingerprint density at radius 1 is 0.595 bits per heavy atom. The third-order valence-corrected chi connectivity index (χ3v) is 5.22. The van der Waals surface area contributed by atoms with E-state index in [0.29, 0.717) is 17.2 Å². The fourth-order valence-corrected chi connectivity index (χ4v) is 3.29. The van der Waals surface area contributed by atoms with Crippen molar-refractivity contribution in [2.24, 2.45) is 0 Å². The third-order valence-electron chi connectivity index (χ3n) is 5.22. The molecule has 0 fully saturated rings. The Morgan fingerprint density at radius 3 is 1.52 bits per heavy atom. The molecule has 4 aromatic rings. The number of carbonyl (C=O) groups excluding carboxylic acids is 3. The summed E-state index contributed by atoms with van der Waals surface area (Å²) in [5.74, 6) is -2.09. The van der Waals surface area contributed by atoms with Crippen molar-refractivity contribution in [2.75, 3.05) is 0 Å². The van der Waals surface area contributed by atoms with E-state index >= 15 is 0 Å². The molecule has 0 amide bonds. The van der Waals surface area contributed by atoms with Crippen LogP contribution in [0.15, 0.2) is 97.6 Å². The summed E-state index contributed by atoms with van der Waals surface area (Å²) in [6.45, 7) is 0. The van der Waals surface area contributed by atoms with Crippen LogP contribution in [-0.4, -0.2) is 42.1 Å². The first-order chi connectivity index (χ1) is 19.8. The Labute approximate surface area is 240 Å². The number of rotatable bonds is 6. The van der Waals surface area contributed by atoms with Crippen LogP contribution in [0.25, 0.3) is 0 Å². The molecule has 0 bridgehead atoms. The SMILES string of the molecule is O=C(C(=O)c1cccc(C(F)(F)F)c1)c1ccncc1.O=C(Cc1cccc(C(F)(F)F)c1)c1ccncc1.O=[Se]=O. The molecular formula is C28H18F6N2O5Se. The molecule has 42 heavy (non-hydrogen) atoms. The number of aromatic nitrogens is 2. The van der Waals surface area contributed by atoms with E-state index in [2.05, 4.69) is 9.97 Å². The summed E-state index contributed by atoms with van der Waals surface area (Å²) in [4.78, 5) is 43.1. The first kappa shape index (κ1) is 33.7. The minimum absolute atomic E-state index is 0.0616. The third kappa shape index (κ3) is 10.5. The Hall–Kier alpha value is -4.55. The van der Waals surface area contributed by atoms with Crippen molar-refractivity contribution >= 4 is 32.2 Å². The standard InChI is InChI=1S/C14H8F3NO2.C14H10F3NO.O2Se/c15-14(16,17)11-3-1-2-10(8-11)13(20)12(19)9-4-6-18-7-5-9;15-14(16,17)12-3-1-2-10(8-12)9-13(19)11-4-6-18-7-5-11;1-3-2/h1-8H;1-8H,9H2;. The van der Waals surface area contributed by atoms with Crippen molar-refractivity contribution in [1.29, 1.82) is 0 Å². The van der Waals surface area contributed by atoms with Gasteiger partial charge in [-0.25, -0.2) is 0 Å². The van der Waals surface area contributed by atoms with Gasteiger partial charge in [-0.2, -0.15) is 26.3 Å². The number of alkyl halides is 6. The average Bonchev–Trinajstić information content (AvgIpc) is 2.97. The van der Waals surface area contributed by atoms with Crippen molar-refractivity contribution in [3.05, 3.63) is 131 Å². The maximum atomic E-state index is 12.6. The van der Waals surface area contributed by atoms with E-state index < -0.39 is 49.9 Å². The van der Waals surface area contributed by atoms with Crippen LogP contribution in [0.2, 0.25) is 0 Å². The molecule has 4 rings (SSSR count). The average molecular weight is 655 g/mol. The van der Waals surface area contributed by atoms with Crippen LogP contribution >= 0.6 is 0 Å². The number of benzene rings is 2. The van der Waals surface area contributed by atoms with Crippen molar-refractivity contribution in [3.63, 3.8) is 0 Å². The van der Waals surface area contributed by atoms with Gasteiger partial charge < -0.3 is 0 Å². The number of Topliss-reactive ketones (excluding diaryl/α,β-unsaturated/α-hetero) is 3. The van der Waals surface area contributed by atoms with Gasteiger partial charge in [0.25, 0.3) is 0 Å². The first-order valence-electron chi connectivity index (χ1n) is 11.5. The van der Waals surface area contributed by atoms with Crippen LogP contribution in [0.1, 0.15) is 47.8 Å². The normalized spacial score (nSPS) is 10.7. The Bertz CT molecular complexity index is 1560.